The number of carbonyl (C=O) groups is 2. The van der Waals surface area contributed by atoms with Crippen molar-refractivity contribution in [2.24, 2.45) is 0 Å². The molecule has 34 heavy (non-hydrogen) atoms. The van der Waals surface area contributed by atoms with Gasteiger partial charge in [-0.1, -0.05) is 18.9 Å². The van der Waals surface area contributed by atoms with Crippen LogP contribution in [0.2, 0.25) is 0 Å². The van der Waals surface area contributed by atoms with E-state index < -0.39 is 5.97 Å². The Hall–Kier alpha value is -2.12. The second-order valence-corrected chi connectivity index (χ2v) is 10.9. The number of aliphatic carboxylic acids is 1. The van der Waals surface area contributed by atoms with Gasteiger partial charge in [0.15, 0.2) is 0 Å². The highest BCUT2D eigenvalue weighted by Crippen LogP contribution is 2.34. The topological polar surface area (TPSA) is 67.3 Å². The van der Waals surface area contributed by atoms with Crippen molar-refractivity contribution in [3.8, 4) is 0 Å². The van der Waals surface area contributed by atoms with Crippen LogP contribution in [0.5, 0.6) is 0 Å². The molecule has 2 aliphatic heterocycles. The summed E-state index contributed by atoms with van der Waals surface area (Å²) in [5, 5.41) is 9.47. The quantitative estimate of drug-likeness (QED) is 0.691. The molecule has 0 spiro atoms. The number of anilines is 1. The molecule has 3 fully saturated rings. The van der Waals surface area contributed by atoms with E-state index in [0.717, 1.165) is 83.2 Å². The molecule has 0 aromatic heterocycles. The highest BCUT2D eigenvalue weighted by molar-refractivity contribution is 5.94. The van der Waals surface area contributed by atoms with E-state index in [9.17, 15) is 14.7 Å². The smallest absolute Gasteiger partial charge is 0.324 e. The van der Waals surface area contributed by atoms with Crippen molar-refractivity contribution in [2.75, 3.05) is 44.7 Å². The number of carboxylic acid groups (broad SMARTS) is 1. The minimum atomic E-state index is -0.716. The zero-order valence-corrected chi connectivity index (χ0v) is 20.6. The van der Waals surface area contributed by atoms with Gasteiger partial charge in [0, 0.05) is 50.0 Å². The summed E-state index contributed by atoms with van der Waals surface area (Å²) < 4.78 is 0. The van der Waals surface area contributed by atoms with Crippen molar-refractivity contribution < 1.29 is 14.7 Å². The van der Waals surface area contributed by atoms with Crippen LogP contribution in [-0.4, -0.2) is 89.7 Å². The van der Waals surface area contributed by atoms with Gasteiger partial charge in [-0.15, -0.1) is 0 Å². The van der Waals surface area contributed by atoms with Crippen LogP contribution in [0.1, 0.15) is 62.5 Å². The van der Waals surface area contributed by atoms with Gasteiger partial charge < -0.3 is 14.9 Å². The number of carbonyl (C=O) groups excluding carboxylic acids is 1. The average molecular weight is 469 g/mol. The molecule has 7 heteroatoms. The number of carboxylic acids is 1. The second kappa shape index (κ2) is 10.2. The SMILES string of the molecule is CN1CCc2ccc(N3CCN(C4CCC(N(CC(=O)O)C5CCCC5)CC4)C3=O)cc2CC1. The summed E-state index contributed by atoms with van der Waals surface area (Å²) in [7, 11) is 2.18. The number of likely N-dealkylation sites (N-methyl/N-ethyl adjacent to an activating group) is 1. The van der Waals surface area contributed by atoms with Crippen LogP contribution in [0.4, 0.5) is 10.5 Å². The molecular formula is C27H40N4O3. The molecule has 1 aromatic carbocycles. The highest BCUT2D eigenvalue weighted by Gasteiger charge is 2.39. The van der Waals surface area contributed by atoms with Gasteiger partial charge in [0.25, 0.3) is 0 Å². The van der Waals surface area contributed by atoms with Crippen molar-refractivity contribution in [3.63, 3.8) is 0 Å². The number of hydrogen-bond donors (Lipinski definition) is 1. The largest absolute Gasteiger partial charge is 0.480 e. The van der Waals surface area contributed by atoms with Gasteiger partial charge in [0.1, 0.15) is 0 Å². The summed E-state index contributed by atoms with van der Waals surface area (Å²) in [6.07, 6.45) is 10.7. The number of urea groups is 1. The Bertz CT molecular complexity index is 892. The van der Waals surface area contributed by atoms with Gasteiger partial charge in [-0.25, -0.2) is 4.79 Å². The molecule has 0 unspecified atom stereocenters. The maximum atomic E-state index is 13.4. The number of rotatable bonds is 6. The van der Waals surface area contributed by atoms with E-state index in [4.69, 9.17) is 0 Å². The Morgan fingerprint density at radius 1 is 0.941 bits per heavy atom. The monoisotopic (exact) mass is 468 g/mol. The van der Waals surface area contributed by atoms with E-state index in [0.29, 0.717) is 12.1 Å². The Morgan fingerprint density at radius 3 is 2.32 bits per heavy atom. The van der Waals surface area contributed by atoms with Crippen molar-refractivity contribution in [1.82, 2.24) is 14.7 Å². The van der Waals surface area contributed by atoms with Crippen LogP contribution in [0, 0.1) is 0 Å². The van der Waals surface area contributed by atoms with E-state index in [-0.39, 0.29) is 18.6 Å². The Balaban J connectivity index is 1.20. The molecule has 0 atom stereocenters. The first kappa shape index (κ1) is 23.6. The van der Waals surface area contributed by atoms with Crippen LogP contribution in [-0.2, 0) is 17.6 Å². The number of benzene rings is 1. The lowest BCUT2D eigenvalue weighted by Gasteiger charge is -2.41. The van der Waals surface area contributed by atoms with Gasteiger partial charge >= 0.3 is 12.0 Å². The standard InChI is InChI=1S/C27H40N4O3/c1-28-14-12-20-6-7-25(18-21(20)13-15-28)30-17-16-29(27(30)34)23-8-10-24(11-9-23)31(19-26(32)33)22-4-2-3-5-22/h6-7,18,22-24H,2-5,8-17,19H2,1H3,(H,32,33). The zero-order valence-electron chi connectivity index (χ0n) is 20.6. The highest BCUT2D eigenvalue weighted by atomic mass is 16.4. The van der Waals surface area contributed by atoms with Crippen molar-refractivity contribution in [1.29, 1.82) is 0 Å². The first-order valence-corrected chi connectivity index (χ1v) is 13.4. The molecule has 2 aliphatic carbocycles. The molecule has 2 heterocycles. The van der Waals surface area contributed by atoms with Gasteiger partial charge in [0.2, 0.25) is 0 Å². The minimum Gasteiger partial charge on any atom is -0.480 e. The normalized spacial score (nSPS) is 26.8. The van der Waals surface area contributed by atoms with E-state index in [2.05, 4.69) is 39.9 Å². The van der Waals surface area contributed by atoms with Crippen molar-refractivity contribution >= 4 is 17.7 Å². The van der Waals surface area contributed by atoms with E-state index in [1.807, 2.05) is 4.90 Å². The van der Waals surface area contributed by atoms with E-state index in [1.165, 1.54) is 24.0 Å². The second-order valence-electron chi connectivity index (χ2n) is 10.9. The lowest BCUT2D eigenvalue weighted by atomic mass is 9.88. The number of hydrogen-bond acceptors (Lipinski definition) is 4. The number of fused-ring (bicyclic) bond motifs is 1. The summed E-state index contributed by atoms with van der Waals surface area (Å²) in [6, 6.07) is 7.80. The van der Waals surface area contributed by atoms with Gasteiger partial charge in [-0.3, -0.25) is 14.6 Å². The summed E-state index contributed by atoms with van der Waals surface area (Å²) in [5.41, 5.74) is 3.85. The minimum absolute atomic E-state index is 0.146. The predicted octanol–water partition coefficient (Wildman–Crippen LogP) is 3.60. The van der Waals surface area contributed by atoms with Crippen LogP contribution in [0.3, 0.4) is 0 Å². The molecule has 1 aromatic rings. The molecule has 5 rings (SSSR count). The molecule has 0 bridgehead atoms. The lowest BCUT2D eigenvalue weighted by Crippen LogP contribution is -2.49. The first-order valence-electron chi connectivity index (χ1n) is 13.4. The Labute approximate surface area is 203 Å². The molecular weight excluding hydrogens is 428 g/mol. The van der Waals surface area contributed by atoms with Crippen LogP contribution >= 0.6 is 0 Å². The van der Waals surface area contributed by atoms with Gasteiger partial charge in [-0.05, 0) is 81.7 Å². The van der Waals surface area contributed by atoms with Crippen molar-refractivity contribution in [3.05, 3.63) is 29.3 Å². The van der Waals surface area contributed by atoms with E-state index in [1.54, 1.807) is 0 Å². The Morgan fingerprint density at radius 2 is 1.62 bits per heavy atom. The fourth-order valence-electron chi connectivity index (χ4n) is 6.77. The Kier molecular flexibility index (Phi) is 7.11. The maximum Gasteiger partial charge on any atom is 0.324 e. The average Bonchev–Trinajstić information content (AvgIpc) is 3.46. The lowest BCUT2D eigenvalue weighted by molar-refractivity contribution is -0.140. The predicted molar refractivity (Wildman–Crippen MR) is 133 cm³/mol. The molecule has 0 radical (unpaired) electrons. The van der Waals surface area contributed by atoms with Crippen molar-refractivity contribution in [2.45, 2.75) is 82.3 Å². The first-order chi connectivity index (χ1) is 16.5. The third kappa shape index (κ3) is 4.96. The molecule has 4 aliphatic rings. The maximum absolute atomic E-state index is 13.4. The molecule has 2 amide bonds. The zero-order chi connectivity index (χ0) is 23.7. The van der Waals surface area contributed by atoms with Crippen LogP contribution in [0.25, 0.3) is 0 Å². The summed E-state index contributed by atoms with van der Waals surface area (Å²) >= 11 is 0. The number of nitrogens with zero attached hydrogens (tertiary/aromatic N) is 4. The molecule has 1 saturated heterocycles. The van der Waals surface area contributed by atoms with Gasteiger partial charge in [0.05, 0.1) is 6.54 Å². The summed E-state index contributed by atoms with van der Waals surface area (Å²) in [4.78, 5) is 33.6. The molecule has 1 N–H and O–H groups in total. The fourth-order valence-corrected chi connectivity index (χ4v) is 6.77. The summed E-state index contributed by atoms with van der Waals surface area (Å²) in [6.45, 7) is 3.86. The third-order valence-corrected chi connectivity index (χ3v) is 8.76. The van der Waals surface area contributed by atoms with Crippen LogP contribution < -0.4 is 4.90 Å². The molecule has 2 saturated carbocycles. The summed E-state index contributed by atoms with van der Waals surface area (Å²) in [5.74, 6) is -0.716. The fraction of sp³-hybridized carbons (Fsp3) is 0.704. The molecule has 186 valence electrons. The third-order valence-electron chi connectivity index (χ3n) is 8.76. The van der Waals surface area contributed by atoms with Crippen LogP contribution in [0.15, 0.2) is 18.2 Å². The molecule has 7 nitrogen and oxygen atoms in total. The van der Waals surface area contributed by atoms with E-state index >= 15 is 0 Å². The van der Waals surface area contributed by atoms with Gasteiger partial charge in [-0.2, -0.15) is 0 Å². The number of amides is 2.